The number of carbonyl (C=O) groups is 8. The summed E-state index contributed by atoms with van der Waals surface area (Å²) in [5, 5.41) is 14.6. The van der Waals surface area contributed by atoms with E-state index in [4.69, 9.17) is 29.4 Å². The quantitative estimate of drug-likeness (QED) is 0.0167. The first-order valence-corrected chi connectivity index (χ1v) is 30.7. The molecule has 7 N–H and O–H groups in total. The predicted octanol–water partition coefficient (Wildman–Crippen LogP) is 5.40. The van der Waals surface area contributed by atoms with Gasteiger partial charge in [0, 0.05) is 74.9 Å². The topological polar surface area (TPSA) is 282 Å². The number of methoxy groups -OCH3 is 2. The molecule has 0 aliphatic carbocycles. The Morgan fingerprint density at radius 2 is 1.37 bits per heavy atom. The van der Waals surface area contributed by atoms with Crippen molar-refractivity contribution >= 4 is 64.5 Å². The SMILES string of the molecule is C.C=C1CC2[CH-]N(C(=O)OCc3ccc(NC(=O)C(CCCCNCN)NC(=O)CNC(=O)CCCCCN4C(=O)C=CC4=O)cc3)c3cc(OCCCCCOc4cc5c(cc4OC)C(=O)N4CC(=C)CC4CN5)c(OC)cc3C(=O)N2C1.CC.CCC.[Rb+]. The van der Waals surface area contributed by atoms with E-state index in [2.05, 4.69) is 53.6 Å². The number of rotatable bonds is 29. The summed E-state index contributed by atoms with van der Waals surface area (Å²) in [4.78, 5) is 110. The minimum Gasteiger partial charge on any atom is -0.493 e. The van der Waals surface area contributed by atoms with Crippen molar-refractivity contribution in [2.45, 2.75) is 143 Å². The van der Waals surface area contributed by atoms with Crippen molar-refractivity contribution in [2.24, 2.45) is 5.73 Å². The monoisotopic (exact) mass is 1320 g/mol. The molecule has 24 heteroatoms. The molecule has 8 amide bonds. The molecule has 5 aliphatic heterocycles. The number of fused-ring (bicyclic) bond motifs is 4. The minimum atomic E-state index is -0.927. The molecule has 23 nitrogen and oxygen atoms in total. The van der Waals surface area contributed by atoms with Crippen LogP contribution in [-0.2, 0) is 35.3 Å². The molecule has 5 heterocycles. The molecule has 0 radical (unpaired) electrons. The van der Waals surface area contributed by atoms with Gasteiger partial charge in [-0.05, 0) is 101 Å². The fourth-order valence-electron chi connectivity index (χ4n) is 10.5. The normalized spacial score (nSPS) is 16.3. The van der Waals surface area contributed by atoms with Crippen LogP contribution in [0, 0.1) is 6.54 Å². The zero-order valence-corrected chi connectivity index (χ0v) is 57.9. The van der Waals surface area contributed by atoms with Crippen molar-refractivity contribution in [1.29, 1.82) is 0 Å². The zero-order valence-electron chi connectivity index (χ0n) is 52.9. The van der Waals surface area contributed by atoms with Gasteiger partial charge >= 0.3 is 64.3 Å². The third-order valence-corrected chi connectivity index (χ3v) is 14.9. The number of unbranched alkanes of at least 4 members (excludes halogenated alkanes) is 5. The van der Waals surface area contributed by atoms with Crippen LogP contribution in [-0.4, -0.2) is 154 Å². The molecule has 3 unspecified atom stereocenters. The number of hydrogen-bond acceptors (Lipinski definition) is 16. The fraction of sp³-hybridized carbons (Fsp3) is 0.500. The zero-order chi connectivity index (χ0) is 63.7. The fourth-order valence-corrected chi connectivity index (χ4v) is 10.5. The number of ether oxygens (including phenoxy) is 5. The number of nitrogens with one attached hydrogen (secondary N) is 5. The van der Waals surface area contributed by atoms with E-state index in [-0.39, 0.29) is 139 Å². The average molecular weight is 1320 g/mol. The number of amides is 8. The van der Waals surface area contributed by atoms with Crippen molar-refractivity contribution in [3.05, 3.63) is 108 Å². The van der Waals surface area contributed by atoms with E-state index in [1.54, 1.807) is 61.0 Å². The van der Waals surface area contributed by atoms with Crippen LogP contribution in [0.3, 0.4) is 0 Å². The van der Waals surface area contributed by atoms with Crippen molar-refractivity contribution in [2.75, 3.05) is 88.9 Å². The van der Waals surface area contributed by atoms with E-state index in [1.165, 1.54) is 30.6 Å². The third kappa shape index (κ3) is 21.5. The van der Waals surface area contributed by atoms with Crippen molar-refractivity contribution in [1.82, 2.24) is 30.7 Å². The smallest absolute Gasteiger partial charge is 0.493 e. The Hall–Kier alpha value is -6.63. The van der Waals surface area contributed by atoms with Gasteiger partial charge in [0.05, 0.1) is 56.8 Å². The van der Waals surface area contributed by atoms with Gasteiger partial charge in [0.15, 0.2) is 23.0 Å². The third-order valence-electron chi connectivity index (χ3n) is 14.9. The summed E-state index contributed by atoms with van der Waals surface area (Å²) in [5.41, 5.74) is 10.2. The van der Waals surface area contributed by atoms with Gasteiger partial charge in [0.25, 0.3) is 23.6 Å². The second-order valence-corrected chi connectivity index (χ2v) is 21.7. The summed E-state index contributed by atoms with van der Waals surface area (Å²) in [6, 6.07) is 12.1. The van der Waals surface area contributed by atoms with Crippen molar-refractivity contribution in [3.63, 3.8) is 0 Å². The first-order chi connectivity index (χ1) is 42.5. The Labute approximate surface area is 579 Å². The van der Waals surface area contributed by atoms with Gasteiger partial charge in [-0.1, -0.05) is 90.4 Å². The summed E-state index contributed by atoms with van der Waals surface area (Å²) in [6.07, 6.45) is 9.64. The number of hydrogen-bond donors (Lipinski definition) is 6. The number of anilines is 3. The van der Waals surface area contributed by atoms with Gasteiger partial charge in [-0.2, -0.15) is 0 Å². The molecule has 0 spiro atoms. The van der Waals surface area contributed by atoms with E-state index < -0.39 is 30.0 Å². The van der Waals surface area contributed by atoms with E-state index in [9.17, 15) is 38.4 Å². The molecule has 0 saturated carbocycles. The van der Waals surface area contributed by atoms with Crippen LogP contribution in [0.2, 0.25) is 0 Å². The first-order valence-electron chi connectivity index (χ1n) is 30.7. The van der Waals surface area contributed by atoms with Crippen molar-refractivity contribution < 1.29 is 120 Å². The molecule has 0 bridgehead atoms. The van der Waals surface area contributed by atoms with Gasteiger partial charge in [0.2, 0.25) is 17.7 Å². The molecule has 2 saturated heterocycles. The van der Waals surface area contributed by atoms with Crippen LogP contribution >= 0.6 is 0 Å². The number of imide groups is 1. The number of nitrogens with zero attached hydrogens (tertiary/aromatic N) is 4. The molecule has 0 aromatic heterocycles. The molecule has 90 heavy (non-hydrogen) atoms. The number of benzene rings is 3. The van der Waals surface area contributed by atoms with Crippen LogP contribution in [0.15, 0.2) is 85.0 Å². The predicted molar refractivity (Wildman–Crippen MR) is 343 cm³/mol. The molecule has 2 fully saturated rings. The number of nitrogens with two attached hydrogens (primary N) is 1. The minimum absolute atomic E-state index is 0. The summed E-state index contributed by atoms with van der Waals surface area (Å²) in [6.45, 7) is 21.0. The van der Waals surface area contributed by atoms with Gasteiger partial charge < -0.3 is 70.7 Å². The summed E-state index contributed by atoms with van der Waals surface area (Å²) in [7, 11) is 3.03. The molecular formula is C66H93N10O13Rb. The van der Waals surface area contributed by atoms with Crippen LogP contribution in [0.25, 0.3) is 0 Å². The summed E-state index contributed by atoms with van der Waals surface area (Å²) >= 11 is 0. The summed E-state index contributed by atoms with van der Waals surface area (Å²) < 4.78 is 29.7. The Morgan fingerprint density at radius 3 is 2.02 bits per heavy atom. The van der Waals surface area contributed by atoms with Gasteiger partial charge in [-0.25, -0.2) is 11.3 Å². The van der Waals surface area contributed by atoms with Crippen LogP contribution in [0.5, 0.6) is 23.0 Å². The Bertz CT molecular complexity index is 2980. The van der Waals surface area contributed by atoms with Gasteiger partial charge in [-0.15, -0.1) is 0 Å². The van der Waals surface area contributed by atoms with Gasteiger partial charge in [-0.3, -0.25) is 38.5 Å². The maximum absolute atomic E-state index is 14.2. The maximum atomic E-state index is 14.2. The maximum Gasteiger partial charge on any atom is 1.00 e. The molecular weight excluding hydrogens is 1230 g/mol. The molecule has 3 aromatic rings. The second kappa shape index (κ2) is 38.9. The van der Waals surface area contributed by atoms with Gasteiger partial charge in [0.1, 0.15) is 12.6 Å². The number of carbonyl (C=O) groups excluding carboxylic acids is 8. The largest absolute Gasteiger partial charge is 1.00 e. The standard InChI is InChI=1S/C60H75N10O13.C3H8.C2H6.CH4.Rb/c1-38-25-42-31-63-47-29-51(49(79-3)27-44(47)58(76)68(42)33-38)81-23-11-6-12-24-82-52-30-48-45(28-50(52)80-4)59(77)69-34-39(2)26-43(69)35-70(48)60(78)83-36-40-15-17-41(18-16-40)65-57(75)46(13-8-9-21-62-37-61)66-54(72)32-64-53(71)14-7-5-10-22-67-55(73)19-20-56(67)74;1-3-2;1-2;;/h15-20,27-30,35,42-43,46,62-63H,1-2,5-14,21-26,31-34,36-37,61H2,3-4H3,(H,64,71)(H,65,75)(H,66,72);3H2,1-2H3;1-2H3;1H4;/q-1;;;;+1. The molecule has 3 atom stereocenters. The molecule has 3 aromatic carbocycles. The van der Waals surface area contributed by atoms with Crippen LogP contribution in [0.4, 0.5) is 21.9 Å². The second-order valence-electron chi connectivity index (χ2n) is 21.7. The molecule has 5 aliphatic rings. The van der Waals surface area contributed by atoms with Crippen LogP contribution < -0.4 is 114 Å². The average Bonchev–Trinajstić information content (AvgIpc) is 1.78. The van der Waals surface area contributed by atoms with Crippen molar-refractivity contribution in [3.8, 4) is 23.0 Å². The Balaban J connectivity index is 0.00000240. The van der Waals surface area contributed by atoms with E-state index in [0.717, 1.165) is 28.9 Å². The van der Waals surface area contributed by atoms with E-state index >= 15 is 0 Å². The van der Waals surface area contributed by atoms with E-state index in [0.29, 0.717) is 149 Å². The van der Waals surface area contributed by atoms with Crippen LogP contribution in [0.1, 0.15) is 145 Å². The first kappa shape index (κ1) is 75.8. The molecule has 8 rings (SSSR count). The molecule has 486 valence electrons. The summed E-state index contributed by atoms with van der Waals surface area (Å²) in [5.74, 6) is -0.775. The Kier molecular flexibility index (Phi) is 32.8. The van der Waals surface area contributed by atoms with E-state index in [1.807, 2.05) is 24.8 Å². The Morgan fingerprint density at radius 1 is 0.756 bits per heavy atom.